The number of Topliss-reactive ketones (excluding diaryl/α,β-unsaturated/α-hetero) is 1. The zero-order valence-electron chi connectivity index (χ0n) is 13.5. The molecule has 1 N–H and O–H groups in total. The SMILES string of the molecule is CC(=O)C1C(=O)NC(C=Cc2ccccc2)=CC1c1ccccc1. The Morgan fingerprint density at radius 3 is 2.21 bits per heavy atom. The van der Waals surface area contributed by atoms with Crippen molar-refractivity contribution in [3.8, 4) is 0 Å². The molecule has 0 fully saturated rings. The molecule has 3 rings (SSSR count). The second-order valence-electron chi connectivity index (χ2n) is 5.88. The summed E-state index contributed by atoms with van der Waals surface area (Å²) in [5, 5.41) is 2.83. The number of carbonyl (C=O) groups excluding carboxylic acids is 2. The molecule has 0 saturated heterocycles. The van der Waals surface area contributed by atoms with E-state index >= 15 is 0 Å². The molecule has 120 valence electrons. The molecule has 3 nitrogen and oxygen atoms in total. The Labute approximate surface area is 141 Å². The van der Waals surface area contributed by atoms with E-state index in [0.29, 0.717) is 0 Å². The molecule has 3 heteroatoms. The van der Waals surface area contributed by atoms with Crippen LogP contribution in [-0.4, -0.2) is 11.7 Å². The van der Waals surface area contributed by atoms with Crippen molar-refractivity contribution in [1.82, 2.24) is 5.32 Å². The Balaban J connectivity index is 1.94. The van der Waals surface area contributed by atoms with Crippen LogP contribution in [-0.2, 0) is 9.59 Å². The largest absolute Gasteiger partial charge is 0.326 e. The highest BCUT2D eigenvalue weighted by Crippen LogP contribution is 2.31. The van der Waals surface area contributed by atoms with E-state index in [1.54, 1.807) is 0 Å². The lowest BCUT2D eigenvalue weighted by Gasteiger charge is -2.27. The van der Waals surface area contributed by atoms with Gasteiger partial charge in [-0.25, -0.2) is 0 Å². The van der Waals surface area contributed by atoms with Crippen LogP contribution in [0.3, 0.4) is 0 Å². The van der Waals surface area contributed by atoms with Gasteiger partial charge >= 0.3 is 0 Å². The molecule has 0 spiro atoms. The number of amides is 1. The number of allylic oxidation sites excluding steroid dienone is 2. The van der Waals surface area contributed by atoms with Crippen molar-refractivity contribution in [1.29, 1.82) is 0 Å². The van der Waals surface area contributed by atoms with Crippen LogP contribution in [0.4, 0.5) is 0 Å². The van der Waals surface area contributed by atoms with Crippen molar-refractivity contribution in [2.24, 2.45) is 5.92 Å². The number of ketones is 1. The fourth-order valence-electron chi connectivity index (χ4n) is 2.96. The summed E-state index contributed by atoms with van der Waals surface area (Å²) in [6, 6.07) is 19.6. The fraction of sp³-hybridized carbons (Fsp3) is 0.143. The van der Waals surface area contributed by atoms with Gasteiger partial charge in [0.2, 0.25) is 5.91 Å². The first-order valence-corrected chi connectivity index (χ1v) is 7.96. The van der Waals surface area contributed by atoms with Crippen molar-refractivity contribution in [2.45, 2.75) is 12.8 Å². The van der Waals surface area contributed by atoms with Crippen LogP contribution < -0.4 is 5.32 Å². The molecule has 2 unspecified atom stereocenters. The van der Waals surface area contributed by atoms with Crippen molar-refractivity contribution in [3.05, 3.63) is 89.6 Å². The first-order valence-electron chi connectivity index (χ1n) is 7.96. The Kier molecular flexibility index (Phi) is 4.71. The molecule has 24 heavy (non-hydrogen) atoms. The van der Waals surface area contributed by atoms with E-state index in [0.717, 1.165) is 16.8 Å². The third-order valence-corrected chi connectivity index (χ3v) is 4.15. The molecule has 2 aromatic carbocycles. The highest BCUT2D eigenvalue weighted by Gasteiger charge is 2.35. The maximum Gasteiger partial charge on any atom is 0.235 e. The second kappa shape index (κ2) is 7.09. The molecule has 0 saturated carbocycles. The maximum absolute atomic E-state index is 12.4. The number of nitrogens with one attached hydrogen (secondary N) is 1. The molecule has 2 aromatic rings. The van der Waals surface area contributed by atoms with Crippen LogP contribution >= 0.6 is 0 Å². The third-order valence-electron chi connectivity index (χ3n) is 4.15. The average molecular weight is 317 g/mol. The summed E-state index contributed by atoms with van der Waals surface area (Å²) in [5.41, 5.74) is 2.74. The Morgan fingerprint density at radius 2 is 1.58 bits per heavy atom. The third kappa shape index (κ3) is 3.51. The molecule has 0 radical (unpaired) electrons. The van der Waals surface area contributed by atoms with Gasteiger partial charge in [0.25, 0.3) is 0 Å². The standard InChI is InChI=1S/C21H19NO2/c1-15(23)20-19(17-10-6-3-7-11-17)14-18(22-21(20)24)13-12-16-8-4-2-5-9-16/h2-14,19-20H,1H3,(H,22,24). The van der Waals surface area contributed by atoms with E-state index < -0.39 is 5.92 Å². The van der Waals surface area contributed by atoms with Crippen LogP contribution in [0.25, 0.3) is 6.08 Å². The average Bonchev–Trinajstić information content (AvgIpc) is 2.60. The zero-order chi connectivity index (χ0) is 16.9. The van der Waals surface area contributed by atoms with E-state index in [-0.39, 0.29) is 17.6 Å². The summed E-state index contributed by atoms with van der Waals surface area (Å²) in [7, 11) is 0. The highest BCUT2D eigenvalue weighted by molar-refractivity contribution is 6.03. The number of benzene rings is 2. The van der Waals surface area contributed by atoms with Crippen LogP contribution in [0.15, 0.2) is 78.5 Å². The lowest BCUT2D eigenvalue weighted by atomic mass is 9.80. The smallest absolute Gasteiger partial charge is 0.235 e. The van der Waals surface area contributed by atoms with Gasteiger partial charge in [0, 0.05) is 11.6 Å². The summed E-state index contributed by atoms with van der Waals surface area (Å²) < 4.78 is 0. The van der Waals surface area contributed by atoms with Crippen LogP contribution in [0.5, 0.6) is 0 Å². The van der Waals surface area contributed by atoms with Crippen molar-refractivity contribution in [3.63, 3.8) is 0 Å². The summed E-state index contributed by atoms with van der Waals surface area (Å²) in [6.45, 7) is 1.47. The van der Waals surface area contributed by atoms with Crippen LogP contribution in [0.1, 0.15) is 24.0 Å². The molecule has 1 aliphatic heterocycles. The molecular weight excluding hydrogens is 298 g/mol. The van der Waals surface area contributed by atoms with Gasteiger partial charge in [0.1, 0.15) is 11.7 Å². The predicted octanol–water partition coefficient (Wildman–Crippen LogP) is 3.70. The summed E-state index contributed by atoms with van der Waals surface area (Å²) in [4.78, 5) is 24.4. The van der Waals surface area contributed by atoms with E-state index in [9.17, 15) is 9.59 Å². The van der Waals surface area contributed by atoms with Crippen LogP contribution in [0, 0.1) is 5.92 Å². The lowest BCUT2D eigenvalue weighted by Crippen LogP contribution is -2.40. The molecule has 1 heterocycles. The van der Waals surface area contributed by atoms with E-state index in [1.165, 1.54) is 6.92 Å². The minimum Gasteiger partial charge on any atom is -0.326 e. The molecule has 0 aromatic heterocycles. The van der Waals surface area contributed by atoms with Gasteiger partial charge in [0.05, 0.1) is 0 Å². The lowest BCUT2D eigenvalue weighted by molar-refractivity contribution is -0.133. The summed E-state index contributed by atoms with van der Waals surface area (Å²) >= 11 is 0. The number of rotatable bonds is 4. The van der Waals surface area contributed by atoms with Gasteiger partial charge in [0.15, 0.2) is 0 Å². The minimum atomic E-state index is -0.679. The summed E-state index contributed by atoms with van der Waals surface area (Å²) in [5.74, 6) is -1.29. The molecule has 1 aliphatic rings. The molecule has 0 aliphatic carbocycles. The molecule has 0 bridgehead atoms. The first kappa shape index (κ1) is 15.9. The predicted molar refractivity (Wildman–Crippen MR) is 95.1 cm³/mol. The normalized spacial score (nSPS) is 20.5. The van der Waals surface area contributed by atoms with E-state index in [1.807, 2.05) is 78.9 Å². The van der Waals surface area contributed by atoms with Gasteiger partial charge in [-0.1, -0.05) is 72.8 Å². The van der Waals surface area contributed by atoms with E-state index in [4.69, 9.17) is 0 Å². The van der Waals surface area contributed by atoms with Crippen LogP contribution in [0.2, 0.25) is 0 Å². The fourth-order valence-corrected chi connectivity index (χ4v) is 2.96. The Bertz CT molecular complexity index is 791. The monoisotopic (exact) mass is 317 g/mol. The van der Waals surface area contributed by atoms with Gasteiger partial charge in [-0.2, -0.15) is 0 Å². The summed E-state index contributed by atoms with van der Waals surface area (Å²) in [6.07, 6.45) is 5.78. The highest BCUT2D eigenvalue weighted by atomic mass is 16.2. The van der Waals surface area contributed by atoms with Gasteiger partial charge in [-0.05, 0) is 24.1 Å². The zero-order valence-corrected chi connectivity index (χ0v) is 13.5. The number of hydrogen-bond acceptors (Lipinski definition) is 2. The Hall–Kier alpha value is -2.94. The van der Waals surface area contributed by atoms with Crippen molar-refractivity contribution < 1.29 is 9.59 Å². The van der Waals surface area contributed by atoms with Gasteiger partial charge < -0.3 is 5.32 Å². The molecule has 1 amide bonds. The quantitative estimate of drug-likeness (QED) is 0.874. The maximum atomic E-state index is 12.4. The van der Waals surface area contributed by atoms with Crippen molar-refractivity contribution >= 4 is 17.8 Å². The minimum absolute atomic E-state index is 0.122. The number of carbonyl (C=O) groups is 2. The van der Waals surface area contributed by atoms with Gasteiger partial charge in [-0.3, -0.25) is 9.59 Å². The topological polar surface area (TPSA) is 46.2 Å². The number of hydrogen-bond donors (Lipinski definition) is 1. The molecule has 2 atom stereocenters. The first-order chi connectivity index (χ1) is 11.6. The van der Waals surface area contributed by atoms with Gasteiger partial charge in [-0.15, -0.1) is 0 Å². The van der Waals surface area contributed by atoms with Crippen molar-refractivity contribution in [2.75, 3.05) is 0 Å². The molecular formula is C21H19NO2. The Morgan fingerprint density at radius 1 is 0.958 bits per heavy atom. The second-order valence-corrected chi connectivity index (χ2v) is 5.88. The van der Waals surface area contributed by atoms with E-state index in [2.05, 4.69) is 5.32 Å².